The van der Waals surface area contributed by atoms with E-state index in [0.717, 1.165) is 0 Å². The summed E-state index contributed by atoms with van der Waals surface area (Å²) in [6, 6.07) is 0. The van der Waals surface area contributed by atoms with Crippen LogP contribution in [0.3, 0.4) is 0 Å². The lowest BCUT2D eigenvalue weighted by Crippen LogP contribution is -2.19. The molecular formula is C18H24O7. The molecule has 0 aliphatic heterocycles. The van der Waals surface area contributed by atoms with Crippen LogP contribution in [0.25, 0.3) is 0 Å². The number of rotatable bonds is 12. The van der Waals surface area contributed by atoms with Crippen LogP contribution in [0.5, 0.6) is 0 Å². The van der Waals surface area contributed by atoms with Gasteiger partial charge in [0, 0.05) is 26.1 Å². The molecule has 0 N–H and O–H groups in total. The first kappa shape index (κ1) is 19.6. The van der Waals surface area contributed by atoms with Crippen molar-refractivity contribution in [1.82, 2.24) is 0 Å². The Bertz CT molecular complexity index is 494. The predicted octanol–water partition coefficient (Wildman–Crippen LogP) is 0.689. The third-order valence-electron chi connectivity index (χ3n) is 4.34. The van der Waals surface area contributed by atoms with Gasteiger partial charge in [0.2, 0.25) is 0 Å². The maximum absolute atomic E-state index is 11.4. The van der Waals surface area contributed by atoms with E-state index in [1.54, 1.807) is 0 Å². The second-order valence-corrected chi connectivity index (χ2v) is 6.09. The van der Waals surface area contributed by atoms with Crippen LogP contribution in [0.2, 0.25) is 0 Å². The molecule has 7 nitrogen and oxygen atoms in total. The van der Waals surface area contributed by atoms with Crippen LogP contribution < -0.4 is 0 Å². The Morgan fingerprint density at radius 2 is 1.04 bits per heavy atom. The lowest BCUT2D eigenvalue weighted by molar-refractivity contribution is -0.128. The number of Topliss-reactive ketones (excluding diaryl/α,β-unsaturated/α-hetero) is 2. The minimum absolute atomic E-state index is 0.0267. The summed E-state index contributed by atoms with van der Waals surface area (Å²) in [5.41, 5.74) is 0. The molecule has 0 amide bonds. The fourth-order valence-corrected chi connectivity index (χ4v) is 2.86. The van der Waals surface area contributed by atoms with E-state index in [2.05, 4.69) is 0 Å². The van der Waals surface area contributed by atoms with Gasteiger partial charge >= 0.3 is 0 Å². The molecule has 138 valence electrons. The molecule has 2 aliphatic rings. The molecular weight excluding hydrogens is 328 g/mol. The van der Waals surface area contributed by atoms with Crippen LogP contribution in [0.15, 0.2) is 12.2 Å². The molecule has 0 bridgehead atoms. The van der Waals surface area contributed by atoms with E-state index >= 15 is 0 Å². The summed E-state index contributed by atoms with van der Waals surface area (Å²) in [6.45, 7) is 2.29. The molecule has 0 radical (unpaired) electrons. The fraction of sp³-hybridized carbons (Fsp3) is 0.667. The van der Waals surface area contributed by atoms with E-state index in [1.807, 2.05) is 0 Å². The molecule has 1 saturated carbocycles. The fourth-order valence-electron chi connectivity index (χ4n) is 2.86. The van der Waals surface area contributed by atoms with Crippen molar-refractivity contribution in [3.63, 3.8) is 0 Å². The Morgan fingerprint density at radius 1 is 0.640 bits per heavy atom. The minimum Gasteiger partial charge on any atom is -0.379 e. The van der Waals surface area contributed by atoms with Crippen molar-refractivity contribution in [2.45, 2.75) is 25.7 Å². The van der Waals surface area contributed by atoms with Crippen LogP contribution >= 0.6 is 0 Å². The molecule has 0 aromatic carbocycles. The quantitative estimate of drug-likeness (QED) is 0.376. The summed E-state index contributed by atoms with van der Waals surface area (Å²) < 4.78 is 16.0. The van der Waals surface area contributed by atoms with Gasteiger partial charge in [-0.2, -0.15) is 0 Å². The van der Waals surface area contributed by atoms with Gasteiger partial charge in [0.25, 0.3) is 0 Å². The Morgan fingerprint density at radius 3 is 1.52 bits per heavy atom. The average Bonchev–Trinajstić information content (AvgIpc) is 3.08. The second-order valence-electron chi connectivity index (χ2n) is 6.09. The van der Waals surface area contributed by atoms with Crippen molar-refractivity contribution in [3.05, 3.63) is 12.2 Å². The second kappa shape index (κ2) is 10.3. The van der Waals surface area contributed by atoms with Crippen LogP contribution in [-0.2, 0) is 33.4 Å². The molecule has 0 aromatic rings. The number of ether oxygens (including phenoxy) is 3. The molecule has 0 unspecified atom stereocenters. The van der Waals surface area contributed by atoms with Gasteiger partial charge in [-0.1, -0.05) is 0 Å². The van der Waals surface area contributed by atoms with E-state index in [0.29, 0.717) is 65.3 Å². The molecule has 7 heteroatoms. The lowest BCUT2D eigenvalue weighted by atomic mass is 10.0. The van der Waals surface area contributed by atoms with Crippen molar-refractivity contribution in [2.24, 2.45) is 11.8 Å². The number of ketones is 4. The van der Waals surface area contributed by atoms with Crippen molar-refractivity contribution < 1.29 is 33.4 Å². The number of carbonyl (C=O) groups is 4. The summed E-state index contributed by atoms with van der Waals surface area (Å²) in [7, 11) is 0. The Balaban J connectivity index is 1.37. The van der Waals surface area contributed by atoms with E-state index in [1.165, 1.54) is 12.2 Å². The molecule has 1 fully saturated rings. The minimum atomic E-state index is -0.576. The molecule has 0 saturated heterocycles. The third-order valence-corrected chi connectivity index (χ3v) is 4.34. The standard InChI is InChI=1S/C18H24O7/c19-15-1-2-16(20)13(15)5-7-23-9-11-25-12-10-24-8-6-14-17(21)3-4-18(14)22/h1-2,13-14H,3-12H2. The van der Waals surface area contributed by atoms with Crippen molar-refractivity contribution in [3.8, 4) is 0 Å². The van der Waals surface area contributed by atoms with Gasteiger partial charge in [-0.25, -0.2) is 0 Å². The van der Waals surface area contributed by atoms with Crippen LogP contribution in [0.4, 0.5) is 0 Å². The summed E-state index contributed by atoms with van der Waals surface area (Å²) in [6.07, 6.45) is 4.21. The highest BCUT2D eigenvalue weighted by Crippen LogP contribution is 2.20. The van der Waals surface area contributed by atoms with Crippen LogP contribution in [0.1, 0.15) is 25.7 Å². The Hall–Kier alpha value is -1.70. The van der Waals surface area contributed by atoms with Gasteiger partial charge in [-0.15, -0.1) is 0 Å². The zero-order chi connectivity index (χ0) is 18.1. The number of hydrogen-bond acceptors (Lipinski definition) is 7. The normalized spacial score (nSPS) is 18.9. The van der Waals surface area contributed by atoms with Crippen molar-refractivity contribution in [2.75, 3.05) is 39.6 Å². The highest BCUT2D eigenvalue weighted by molar-refractivity contribution is 6.18. The highest BCUT2D eigenvalue weighted by atomic mass is 16.5. The molecule has 25 heavy (non-hydrogen) atoms. The number of allylic oxidation sites excluding steroid dienone is 2. The maximum Gasteiger partial charge on any atom is 0.166 e. The first-order valence-corrected chi connectivity index (χ1v) is 8.64. The molecule has 2 aliphatic carbocycles. The number of carbonyl (C=O) groups excluding carboxylic acids is 4. The molecule has 0 atom stereocenters. The Labute approximate surface area is 146 Å². The first-order valence-electron chi connectivity index (χ1n) is 8.64. The van der Waals surface area contributed by atoms with E-state index < -0.39 is 11.8 Å². The van der Waals surface area contributed by atoms with Crippen molar-refractivity contribution >= 4 is 23.1 Å². The molecule has 0 heterocycles. The van der Waals surface area contributed by atoms with Crippen molar-refractivity contribution in [1.29, 1.82) is 0 Å². The maximum atomic E-state index is 11.4. The topological polar surface area (TPSA) is 96.0 Å². The summed E-state index contributed by atoms with van der Waals surface area (Å²) in [5, 5.41) is 0. The van der Waals surface area contributed by atoms with Gasteiger partial charge in [-0.05, 0) is 25.0 Å². The third kappa shape index (κ3) is 6.26. The largest absolute Gasteiger partial charge is 0.379 e. The monoisotopic (exact) mass is 352 g/mol. The summed E-state index contributed by atoms with van der Waals surface area (Å²) in [4.78, 5) is 45.6. The smallest absolute Gasteiger partial charge is 0.166 e. The average molecular weight is 352 g/mol. The molecule has 2 rings (SSSR count). The van der Waals surface area contributed by atoms with Gasteiger partial charge < -0.3 is 14.2 Å². The number of hydrogen-bond donors (Lipinski definition) is 0. The summed E-state index contributed by atoms with van der Waals surface area (Å²) in [5.74, 6) is -1.29. The molecule has 0 spiro atoms. The highest BCUT2D eigenvalue weighted by Gasteiger charge is 2.32. The first-order chi connectivity index (χ1) is 12.1. The lowest BCUT2D eigenvalue weighted by Gasteiger charge is -2.09. The molecule has 0 aromatic heterocycles. The summed E-state index contributed by atoms with van der Waals surface area (Å²) >= 11 is 0. The van der Waals surface area contributed by atoms with Gasteiger partial charge in [0.1, 0.15) is 11.6 Å². The predicted molar refractivity (Wildman–Crippen MR) is 87.1 cm³/mol. The van der Waals surface area contributed by atoms with Gasteiger partial charge in [0.05, 0.1) is 38.3 Å². The SMILES string of the molecule is O=C1C=CC(=O)C1CCOCCOCCOCCC1C(=O)CCC1=O. The van der Waals surface area contributed by atoms with E-state index in [9.17, 15) is 19.2 Å². The zero-order valence-electron chi connectivity index (χ0n) is 14.2. The Kier molecular flexibility index (Phi) is 8.11. The van der Waals surface area contributed by atoms with Gasteiger partial charge in [-0.3, -0.25) is 19.2 Å². The zero-order valence-corrected chi connectivity index (χ0v) is 14.2. The van der Waals surface area contributed by atoms with E-state index in [-0.39, 0.29) is 23.1 Å². The van der Waals surface area contributed by atoms with Gasteiger partial charge in [0.15, 0.2) is 11.6 Å². The van der Waals surface area contributed by atoms with Crippen LogP contribution in [-0.4, -0.2) is 62.8 Å². The van der Waals surface area contributed by atoms with E-state index in [4.69, 9.17) is 14.2 Å². The van der Waals surface area contributed by atoms with Crippen LogP contribution in [0, 0.1) is 11.8 Å².